The molecule has 4 nitrogen and oxygen atoms in total. The van der Waals surface area contributed by atoms with E-state index in [9.17, 15) is 4.79 Å². The van der Waals surface area contributed by atoms with Crippen molar-refractivity contribution < 1.29 is 4.79 Å². The van der Waals surface area contributed by atoms with Gasteiger partial charge in [-0.2, -0.15) is 0 Å². The smallest absolute Gasteiger partial charge is 0.223 e. The van der Waals surface area contributed by atoms with Crippen LogP contribution in [0.15, 0.2) is 24.3 Å². The van der Waals surface area contributed by atoms with Gasteiger partial charge in [-0.3, -0.25) is 4.79 Å². The largest absolute Gasteiger partial charge is 0.369 e. The molecule has 0 aromatic heterocycles. The summed E-state index contributed by atoms with van der Waals surface area (Å²) in [7, 11) is 0. The molecule has 120 valence electrons. The molecule has 1 saturated carbocycles. The average molecular weight is 301 g/mol. The van der Waals surface area contributed by atoms with Crippen molar-refractivity contribution in [1.29, 1.82) is 0 Å². The van der Waals surface area contributed by atoms with E-state index in [2.05, 4.69) is 34.5 Å². The van der Waals surface area contributed by atoms with Gasteiger partial charge < -0.3 is 16.0 Å². The topological polar surface area (TPSA) is 58.4 Å². The van der Waals surface area contributed by atoms with Crippen molar-refractivity contribution >= 4 is 11.6 Å². The Kier molecular flexibility index (Phi) is 4.98. The van der Waals surface area contributed by atoms with Crippen LogP contribution in [-0.2, 0) is 11.2 Å². The molecule has 0 bridgehead atoms. The SMILES string of the molecule is NCC1CCC(C(=O)NCCN2CCc3ccccc32)CC1. The molecule has 0 unspecified atom stereocenters. The summed E-state index contributed by atoms with van der Waals surface area (Å²) < 4.78 is 0. The van der Waals surface area contributed by atoms with Crippen molar-refractivity contribution in [2.24, 2.45) is 17.6 Å². The van der Waals surface area contributed by atoms with Crippen LogP contribution in [0.4, 0.5) is 5.69 Å². The molecule has 1 aromatic rings. The first-order valence-corrected chi connectivity index (χ1v) is 8.58. The van der Waals surface area contributed by atoms with E-state index in [1.807, 2.05) is 0 Å². The number of nitrogens with zero attached hydrogens (tertiary/aromatic N) is 1. The number of anilines is 1. The summed E-state index contributed by atoms with van der Waals surface area (Å²) in [6.45, 7) is 3.48. The maximum absolute atomic E-state index is 12.3. The highest BCUT2D eigenvalue weighted by atomic mass is 16.1. The molecule has 0 spiro atoms. The highest BCUT2D eigenvalue weighted by Crippen LogP contribution is 2.28. The van der Waals surface area contributed by atoms with E-state index in [0.717, 1.165) is 58.3 Å². The highest BCUT2D eigenvalue weighted by molar-refractivity contribution is 5.78. The third-order valence-corrected chi connectivity index (χ3v) is 5.22. The standard InChI is InChI=1S/C18H27N3O/c19-13-14-5-7-16(8-6-14)18(22)20-10-12-21-11-9-15-3-1-2-4-17(15)21/h1-4,14,16H,5-13,19H2,(H,20,22). The quantitative estimate of drug-likeness (QED) is 0.874. The van der Waals surface area contributed by atoms with Crippen molar-refractivity contribution in [3.63, 3.8) is 0 Å². The van der Waals surface area contributed by atoms with Gasteiger partial charge in [-0.25, -0.2) is 0 Å². The Labute approximate surface area is 133 Å². The molecule has 0 saturated heterocycles. The number of para-hydroxylation sites is 1. The second-order valence-electron chi connectivity index (χ2n) is 6.61. The number of nitrogens with two attached hydrogens (primary N) is 1. The zero-order valence-corrected chi connectivity index (χ0v) is 13.3. The number of carbonyl (C=O) groups is 1. The molecule has 1 aromatic carbocycles. The molecular formula is C18H27N3O. The molecule has 1 amide bonds. The first-order chi connectivity index (χ1) is 10.8. The van der Waals surface area contributed by atoms with Gasteiger partial charge in [-0.15, -0.1) is 0 Å². The number of amides is 1. The summed E-state index contributed by atoms with van der Waals surface area (Å²) in [4.78, 5) is 14.6. The number of carbonyl (C=O) groups excluding carboxylic acids is 1. The van der Waals surface area contributed by atoms with Gasteiger partial charge in [-0.05, 0) is 56.2 Å². The van der Waals surface area contributed by atoms with Crippen LogP contribution in [0.1, 0.15) is 31.2 Å². The Morgan fingerprint density at radius 2 is 2.00 bits per heavy atom. The molecule has 1 fully saturated rings. The van der Waals surface area contributed by atoms with E-state index in [-0.39, 0.29) is 11.8 Å². The fourth-order valence-corrected chi connectivity index (χ4v) is 3.76. The Bertz CT molecular complexity index is 509. The molecule has 0 atom stereocenters. The summed E-state index contributed by atoms with van der Waals surface area (Å²) >= 11 is 0. The van der Waals surface area contributed by atoms with Crippen molar-refractivity contribution in [1.82, 2.24) is 5.32 Å². The van der Waals surface area contributed by atoms with Crippen LogP contribution in [-0.4, -0.2) is 32.1 Å². The fourth-order valence-electron chi connectivity index (χ4n) is 3.76. The van der Waals surface area contributed by atoms with E-state index < -0.39 is 0 Å². The van der Waals surface area contributed by atoms with Gasteiger partial charge in [0.2, 0.25) is 5.91 Å². The highest BCUT2D eigenvalue weighted by Gasteiger charge is 2.25. The predicted molar refractivity (Wildman–Crippen MR) is 89.9 cm³/mol. The normalized spacial score (nSPS) is 24.1. The summed E-state index contributed by atoms with van der Waals surface area (Å²) in [6, 6.07) is 8.56. The molecule has 3 rings (SSSR count). The molecule has 0 radical (unpaired) electrons. The minimum absolute atomic E-state index is 0.202. The maximum atomic E-state index is 12.3. The second kappa shape index (κ2) is 7.14. The molecule has 4 heteroatoms. The Balaban J connectivity index is 1.41. The third-order valence-electron chi connectivity index (χ3n) is 5.22. The van der Waals surface area contributed by atoms with Gasteiger partial charge >= 0.3 is 0 Å². The van der Waals surface area contributed by atoms with E-state index in [1.54, 1.807) is 0 Å². The van der Waals surface area contributed by atoms with E-state index in [0.29, 0.717) is 5.92 Å². The monoisotopic (exact) mass is 301 g/mol. The molecule has 3 N–H and O–H groups in total. The summed E-state index contributed by atoms with van der Waals surface area (Å²) in [5.41, 5.74) is 8.47. The molecule has 1 aliphatic heterocycles. The fraction of sp³-hybridized carbons (Fsp3) is 0.611. The molecular weight excluding hydrogens is 274 g/mol. The van der Waals surface area contributed by atoms with Crippen molar-refractivity contribution in [3.8, 4) is 0 Å². The summed E-state index contributed by atoms with van der Waals surface area (Å²) in [6.07, 6.45) is 5.33. The minimum atomic E-state index is 0.202. The lowest BCUT2D eigenvalue weighted by atomic mass is 9.81. The number of nitrogens with one attached hydrogen (secondary N) is 1. The average Bonchev–Trinajstić information content (AvgIpc) is 2.98. The van der Waals surface area contributed by atoms with Crippen LogP contribution >= 0.6 is 0 Å². The predicted octanol–water partition coefficient (Wildman–Crippen LogP) is 1.93. The Morgan fingerprint density at radius 3 is 2.77 bits per heavy atom. The van der Waals surface area contributed by atoms with Gasteiger partial charge in [-0.1, -0.05) is 18.2 Å². The van der Waals surface area contributed by atoms with Crippen molar-refractivity contribution in [2.45, 2.75) is 32.1 Å². The lowest BCUT2D eigenvalue weighted by Crippen LogP contribution is -2.38. The van der Waals surface area contributed by atoms with E-state index >= 15 is 0 Å². The third kappa shape index (κ3) is 3.43. The van der Waals surface area contributed by atoms with E-state index in [4.69, 9.17) is 5.73 Å². The van der Waals surface area contributed by atoms with Crippen LogP contribution in [0.5, 0.6) is 0 Å². The van der Waals surface area contributed by atoms with Gasteiger partial charge in [0.15, 0.2) is 0 Å². The van der Waals surface area contributed by atoms with Gasteiger partial charge in [0.05, 0.1) is 0 Å². The maximum Gasteiger partial charge on any atom is 0.223 e. The molecule has 2 aliphatic rings. The van der Waals surface area contributed by atoms with Crippen LogP contribution in [0.25, 0.3) is 0 Å². The van der Waals surface area contributed by atoms with Gasteiger partial charge in [0, 0.05) is 31.2 Å². The summed E-state index contributed by atoms with van der Waals surface area (Å²) in [5, 5.41) is 3.13. The van der Waals surface area contributed by atoms with E-state index in [1.165, 1.54) is 11.3 Å². The Hall–Kier alpha value is -1.55. The number of hydrogen-bond donors (Lipinski definition) is 2. The van der Waals surface area contributed by atoms with Crippen molar-refractivity contribution in [2.75, 3.05) is 31.1 Å². The van der Waals surface area contributed by atoms with Crippen LogP contribution in [0.2, 0.25) is 0 Å². The number of fused-ring (bicyclic) bond motifs is 1. The van der Waals surface area contributed by atoms with Crippen LogP contribution in [0.3, 0.4) is 0 Å². The zero-order valence-electron chi connectivity index (χ0n) is 13.3. The molecule has 1 aliphatic carbocycles. The lowest BCUT2D eigenvalue weighted by Gasteiger charge is -2.27. The van der Waals surface area contributed by atoms with Crippen LogP contribution < -0.4 is 16.0 Å². The lowest BCUT2D eigenvalue weighted by molar-refractivity contribution is -0.126. The first kappa shape index (κ1) is 15.3. The van der Waals surface area contributed by atoms with Crippen LogP contribution in [0, 0.1) is 11.8 Å². The minimum Gasteiger partial charge on any atom is -0.369 e. The van der Waals surface area contributed by atoms with Gasteiger partial charge in [0.1, 0.15) is 0 Å². The van der Waals surface area contributed by atoms with Crippen molar-refractivity contribution in [3.05, 3.63) is 29.8 Å². The number of rotatable bonds is 5. The summed E-state index contributed by atoms with van der Waals surface area (Å²) in [5.74, 6) is 1.07. The van der Waals surface area contributed by atoms with Gasteiger partial charge in [0.25, 0.3) is 0 Å². The second-order valence-corrected chi connectivity index (χ2v) is 6.61. The molecule has 1 heterocycles. The zero-order chi connectivity index (χ0) is 15.4. The molecule has 22 heavy (non-hydrogen) atoms. The Morgan fingerprint density at radius 1 is 1.23 bits per heavy atom. The first-order valence-electron chi connectivity index (χ1n) is 8.58. The number of hydrogen-bond acceptors (Lipinski definition) is 3. The number of benzene rings is 1.